The van der Waals surface area contributed by atoms with Crippen LogP contribution in [0.3, 0.4) is 0 Å². The molecule has 0 fully saturated rings. The molecule has 19 heavy (non-hydrogen) atoms. The standard InChI is InChI=1S/C12H18N4O3/c1-4-15(8(2)3)12(17)10-7-9(16(18)19)5-6-11(10)14-13/h5-8,14H,4,13H2,1-3H3. The Hall–Kier alpha value is -2.15. The highest BCUT2D eigenvalue weighted by Gasteiger charge is 2.22. The highest BCUT2D eigenvalue weighted by molar-refractivity contribution is 6.00. The Morgan fingerprint density at radius 1 is 1.53 bits per heavy atom. The molecule has 1 aromatic carbocycles. The average Bonchev–Trinajstić information content (AvgIpc) is 2.38. The molecule has 3 N–H and O–H groups in total. The van der Waals surface area contributed by atoms with E-state index in [1.807, 2.05) is 20.8 Å². The van der Waals surface area contributed by atoms with Crippen molar-refractivity contribution in [1.29, 1.82) is 0 Å². The molecule has 0 atom stereocenters. The van der Waals surface area contributed by atoms with Crippen LogP contribution in [-0.2, 0) is 0 Å². The van der Waals surface area contributed by atoms with Crippen molar-refractivity contribution in [2.75, 3.05) is 12.0 Å². The molecular weight excluding hydrogens is 248 g/mol. The fourth-order valence-electron chi connectivity index (χ4n) is 1.85. The Kier molecular flexibility index (Phi) is 4.82. The van der Waals surface area contributed by atoms with Gasteiger partial charge < -0.3 is 10.3 Å². The number of hydrogen-bond acceptors (Lipinski definition) is 5. The summed E-state index contributed by atoms with van der Waals surface area (Å²) in [5, 5.41) is 10.8. The second-order valence-electron chi connectivity index (χ2n) is 4.32. The van der Waals surface area contributed by atoms with Crippen molar-refractivity contribution in [2.24, 2.45) is 5.84 Å². The molecule has 1 amide bonds. The highest BCUT2D eigenvalue weighted by Crippen LogP contribution is 2.23. The first-order valence-corrected chi connectivity index (χ1v) is 5.98. The van der Waals surface area contributed by atoms with Crippen molar-refractivity contribution < 1.29 is 9.72 Å². The second-order valence-corrected chi connectivity index (χ2v) is 4.32. The monoisotopic (exact) mass is 266 g/mol. The largest absolute Gasteiger partial charge is 0.336 e. The third-order valence-electron chi connectivity index (χ3n) is 2.82. The molecule has 1 rings (SSSR count). The van der Waals surface area contributed by atoms with Gasteiger partial charge >= 0.3 is 0 Å². The summed E-state index contributed by atoms with van der Waals surface area (Å²) in [6.07, 6.45) is 0. The molecule has 0 radical (unpaired) electrons. The number of amides is 1. The summed E-state index contributed by atoms with van der Waals surface area (Å²) < 4.78 is 0. The van der Waals surface area contributed by atoms with E-state index < -0.39 is 4.92 Å². The van der Waals surface area contributed by atoms with Gasteiger partial charge in [0.05, 0.1) is 16.2 Å². The molecule has 0 aromatic heterocycles. The molecule has 1 aromatic rings. The summed E-state index contributed by atoms with van der Waals surface area (Å²) in [6, 6.07) is 3.97. The summed E-state index contributed by atoms with van der Waals surface area (Å²) in [6.45, 7) is 6.14. The van der Waals surface area contributed by atoms with Gasteiger partial charge in [-0.2, -0.15) is 0 Å². The predicted octanol–water partition coefficient (Wildman–Crippen LogP) is 1.75. The molecule has 7 nitrogen and oxygen atoms in total. The quantitative estimate of drug-likeness (QED) is 0.480. The molecule has 0 aliphatic rings. The number of nitrogens with two attached hydrogens (primary N) is 1. The summed E-state index contributed by atoms with van der Waals surface area (Å²) in [4.78, 5) is 24.2. The number of nitrogen functional groups attached to an aromatic ring is 1. The summed E-state index contributed by atoms with van der Waals surface area (Å²) in [5.41, 5.74) is 2.82. The Morgan fingerprint density at radius 3 is 2.58 bits per heavy atom. The number of anilines is 1. The predicted molar refractivity (Wildman–Crippen MR) is 72.8 cm³/mol. The maximum absolute atomic E-state index is 12.4. The lowest BCUT2D eigenvalue weighted by atomic mass is 10.1. The number of carbonyl (C=O) groups excluding carboxylic acids is 1. The Bertz CT molecular complexity index is 488. The molecule has 104 valence electrons. The number of non-ortho nitro benzene ring substituents is 1. The lowest BCUT2D eigenvalue weighted by Crippen LogP contribution is -2.37. The van der Waals surface area contributed by atoms with Gasteiger partial charge in [0.15, 0.2) is 0 Å². The minimum Gasteiger partial charge on any atom is -0.336 e. The van der Waals surface area contributed by atoms with Gasteiger partial charge in [-0.05, 0) is 26.8 Å². The number of hydrogen-bond donors (Lipinski definition) is 2. The molecule has 0 aliphatic heterocycles. The van der Waals surface area contributed by atoms with Gasteiger partial charge in [0.2, 0.25) is 0 Å². The number of nitrogens with zero attached hydrogens (tertiary/aromatic N) is 2. The zero-order chi connectivity index (χ0) is 14.6. The van der Waals surface area contributed by atoms with Gasteiger partial charge in [0.1, 0.15) is 0 Å². The topological polar surface area (TPSA) is 102 Å². The van der Waals surface area contributed by atoms with Crippen LogP contribution < -0.4 is 11.3 Å². The number of hydrazine groups is 1. The molecule has 7 heteroatoms. The summed E-state index contributed by atoms with van der Waals surface area (Å²) in [5.74, 6) is 5.06. The number of rotatable bonds is 5. The zero-order valence-electron chi connectivity index (χ0n) is 11.2. The summed E-state index contributed by atoms with van der Waals surface area (Å²) >= 11 is 0. The van der Waals surface area contributed by atoms with Crippen molar-refractivity contribution in [1.82, 2.24) is 4.90 Å². The molecule has 0 saturated carbocycles. The van der Waals surface area contributed by atoms with Crippen molar-refractivity contribution in [3.8, 4) is 0 Å². The molecular formula is C12H18N4O3. The van der Waals surface area contributed by atoms with Crippen molar-refractivity contribution in [3.05, 3.63) is 33.9 Å². The van der Waals surface area contributed by atoms with Crippen molar-refractivity contribution in [2.45, 2.75) is 26.8 Å². The smallest absolute Gasteiger partial charge is 0.270 e. The van der Waals surface area contributed by atoms with Crippen molar-refractivity contribution >= 4 is 17.3 Å². The van der Waals surface area contributed by atoms with E-state index in [0.29, 0.717) is 12.2 Å². The van der Waals surface area contributed by atoms with Crippen molar-refractivity contribution in [3.63, 3.8) is 0 Å². The molecule has 0 spiro atoms. The SMILES string of the molecule is CCN(C(=O)c1cc([N+](=O)[O-])ccc1NN)C(C)C. The van der Waals surface area contributed by atoms with E-state index in [1.54, 1.807) is 4.90 Å². The van der Waals surface area contributed by atoms with E-state index in [-0.39, 0.29) is 23.2 Å². The van der Waals surface area contributed by atoms with E-state index in [9.17, 15) is 14.9 Å². The number of nitro benzene ring substituents is 1. The highest BCUT2D eigenvalue weighted by atomic mass is 16.6. The number of nitro groups is 1. The molecule has 0 unspecified atom stereocenters. The molecule has 0 aliphatic carbocycles. The number of carbonyl (C=O) groups is 1. The van der Waals surface area contributed by atoms with Crippen LogP contribution in [0.4, 0.5) is 11.4 Å². The third kappa shape index (κ3) is 3.19. The first-order chi connectivity index (χ1) is 8.92. The maximum atomic E-state index is 12.4. The Labute approximate surface area is 111 Å². The van der Waals surface area contributed by atoms with Gasteiger partial charge in [0.25, 0.3) is 11.6 Å². The van der Waals surface area contributed by atoms with E-state index in [4.69, 9.17) is 5.84 Å². The second kappa shape index (κ2) is 6.14. The van der Waals surface area contributed by atoms with E-state index in [0.717, 1.165) is 0 Å². The Balaban J connectivity index is 3.26. The fraction of sp³-hybridized carbons (Fsp3) is 0.417. The van der Waals surface area contributed by atoms with E-state index in [2.05, 4.69) is 5.43 Å². The van der Waals surface area contributed by atoms with Crippen LogP contribution in [0, 0.1) is 10.1 Å². The molecule has 0 bridgehead atoms. The van der Waals surface area contributed by atoms with Gasteiger partial charge in [0, 0.05) is 24.7 Å². The first-order valence-electron chi connectivity index (χ1n) is 5.98. The number of nitrogens with one attached hydrogen (secondary N) is 1. The zero-order valence-corrected chi connectivity index (χ0v) is 11.2. The average molecular weight is 266 g/mol. The third-order valence-corrected chi connectivity index (χ3v) is 2.82. The summed E-state index contributed by atoms with van der Waals surface area (Å²) in [7, 11) is 0. The van der Waals surface area contributed by atoms with Crippen LogP contribution in [0.25, 0.3) is 0 Å². The Morgan fingerprint density at radius 2 is 2.16 bits per heavy atom. The van der Waals surface area contributed by atoms with Crippen LogP contribution in [0.15, 0.2) is 18.2 Å². The van der Waals surface area contributed by atoms with Crippen LogP contribution in [0.2, 0.25) is 0 Å². The normalized spacial score (nSPS) is 10.4. The van der Waals surface area contributed by atoms with Gasteiger partial charge in [-0.3, -0.25) is 20.8 Å². The molecule has 0 saturated heterocycles. The lowest BCUT2D eigenvalue weighted by molar-refractivity contribution is -0.384. The van der Waals surface area contributed by atoms with Crippen LogP contribution in [-0.4, -0.2) is 28.3 Å². The van der Waals surface area contributed by atoms with E-state index >= 15 is 0 Å². The lowest BCUT2D eigenvalue weighted by Gasteiger charge is -2.26. The number of benzene rings is 1. The minimum atomic E-state index is -0.539. The van der Waals surface area contributed by atoms with Gasteiger partial charge in [-0.1, -0.05) is 0 Å². The first kappa shape index (κ1) is 14.9. The maximum Gasteiger partial charge on any atom is 0.270 e. The van der Waals surface area contributed by atoms with E-state index in [1.165, 1.54) is 18.2 Å². The van der Waals surface area contributed by atoms with Crippen LogP contribution in [0.5, 0.6) is 0 Å². The van der Waals surface area contributed by atoms with Crippen LogP contribution >= 0.6 is 0 Å². The minimum absolute atomic E-state index is 0.00221. The van der Waals surface area contributed by atoms with Gasteiger partial charge in [-0.25, -0.2) is 0 Å². The fourth-order valence-corrected chi connectivity index (χ4v) is 1.85. The van der Waals surface area contributed by atoms with Crippen LogP contribution in [0.1, 0.15) is 31.1 Å². The molecule has 0 heterocycles. The van der Waals surface area contributed by atoms with Gasteiger partial charge in [-0.15, -0.1) is 0 Å².